The van der Waals surface area contributed by atoms with E-state index in [-0.39, 0.29) is 5.56 Å². The number of benzene rings is 1. The van der Waals surface area contributed by atoms with E-state index in [1.807, 2.05) is 30.5 Å². The van der Waals surface area contributed by atoms with Crippen LogP contribution in [-0.2, 0) is 6.54 Å². The second-order valence-electron chi connectivity index (χ2n) is 7.20. The van der Waals surface area contributed by atoms with Crippen LogP contribution in [0.5, 0.6) is 0 Å². The Morgan fingerprint density at radius 3 is 2.40 bits per heavy atom. The molecule has 0 spiro atoms. The van der Waals surface area contributed by atoms with Crippen LogP contribution in [0.3, 0.4) is 0 Å². The molecule has 1 aliphatic heterocycles. The van der Waals surface area contributed by atoms with Gasteiger partial charge in [-0.15, -0.1) is 0 Å². The number of nitrogens with zero attached hydrogens (tertiary/aromatic N) is 2. The van der Waals surface area contributed by atoms with Gasteiger partial charge >= 0.3 is 0 Å². The summed E-state index contributed by atoms with van der Waals surface area (Å²) in [6.45, 7) is 2.58. The van der Waals surface area contributed by atoms with Crippen molar-refractivity contribution in [2.24, 2.45) is 5.92 Å². The van der Waals surface area contributed by atoms with Gasteiger partial charge in [-0.3, -0.25) is 4.79 Å². The molecule has 0 N–H and O–H groups in total. The molecule has 0 amide bonds. The molecule has 1 saturated heterocycles. The van der Waals surface area contributed by atoms with Gasteiger partial charge in [0.1, 0.15) is 5.02 Å². The molecule has 1 aromatic carbocycles. The van der Waals surface area contributed by atoms with Gasteiger partial charge in [-0.1, -0.05) is 41.4 Å². The fourth-order valence-electron chi connectivity index (χ4n) is 3.74. The molecule has 132 valence electrons. The van der Waals surface area contributed by atoms with E-state index in [0.29, 0.717) is 16.9 Å². The maximum absolute atomic E-state index is 12.5. The van der Waals surface area contributed by atoms with E-state index < -0.39 is 0 Å². The first-order valence-corrected chi connectivity index (χ1v) is 9.77. The van der Waals surface area contributed by atoms with Crippen LogP contribution in [0, 0.1) is 5.92 Å². The lowest BCUT2D eigenvalue weighted by atomic mass is 9.89. The Morgan fingerprint density at radius 1 is 1.00 bits per heavy atom. The lowest BCUT2D eigenvalue weighted by Gasteiger charge is -2.34. The van der Waals surface area contributed by atoms with Gasteiger partial charge in [-0.25, -0.2) is 0 Å². The third-order valence-electron chi connectivity index (χ3n) is 5.42. The normalized spacial score (nSPS) is 18.6. The molecule has 4 rings (SSSR count). The van der Waals surface area contributed by atoms with Crippen molar-refractivity contribution in [3.05, 3.63) is 62.5 Å². The molecule has 2 heterocycles. The van der Waals surface area contributed by atoms with Gasteiger partial charge in [0, 0.05) is 30.9 Å². The van der Waals surface area contributed by atoms with E-state index in [4.69, 9.17) is 23.2 Å². The average Bonchev–Trinajstić information content (AvgIpc) is 3.44. The molecule has 0 bridgehead atoms. The first kappa shape index (κ1) is 17.0. The zero-order chi connectivity index (χ0) is 17.4. The highest BCUT2D eigenvalue weighted by Crippen LogP contribution is 2.35. The molecule has 1 saturated carbocycles. The lowest BCUT2D eigenvalue weighted by molar-refractivity contribution is 0.504. The van der Waals surface area contributed by atoms with Crippen LogP contribution in [-0.4, -0.2) is 17.7 Å². The molecule has 3 nitrogen and oxygen atoms in total. The van der Waals surface area contributed by atoms with Gasteiger partial charge in [0.2, 0.25) is 0 Å². The van der Waals surface area contributed by atoms with Crippen molar-refractivity contribution in [2.45, 2.75) is 38.1 Å². The molecule has 2 aromatic rings. The number of aromatic nitrogens is 1. The van der Waals surface area contributed by atoms with Crippen LogP contribution in [0.2, 0.25) is 10.0 Å². The highest BCUT2D eigenvalue weighted by molar-refractivity contribution is 6.33. The topological polar surface area (TPSA) is 25.2 Å². The molecule has 0 radical (unpaired) electrons. The van der Waals surface area contributed by atoms with E-state index in [0.717, 1.165) is 43.2 Å². The van der Waals surface area contributed by atoms with Gasteiger partial charge in [-0.2, -0.15) is 0 Å². The van der Waals surface area contributed by atoms with E-state index in [9.17, 15) is 4.79 Å². The van der Waals surface area contributed by atoms with Crippen molar-refractivity contribution in [1.82, 2.24) is 4.57 Å². The van der Waals surface area contributed by atoms with Crippen molar-refractivity contribution in [3.8, 4) is 0 Å². The zero-order valence-electron chi connectivity index (χ0n) is 14.1. The summed E-state index contributed by atoms with van der Waals surface area (Å²) in [4.78, 5) is 14.7. The van der Waals surface area contributed by atoms with Crippen molar-refractivity contribution < 1.29 is 0 Å². The summed E-state index contributed by atoms with van der Waals surface area (Å²) in [6.07, 6.45) is 6.39. The Balaban J connectivity index is 1.48. The predicted molar refractivity (Wildman–Crippen MR) is 104 cm³/mol. The molecule has 1 aromatic heterocycles. The Kier molecular flexibility index (Phi) is 4.79. The number of piperidine rings is 1. The first-order valence-electron chi connectivity index (χ1n) is 9.02. The van der Waals surface area contributed by atoms with Gasteiger partial charge in [0.25, 0.3) is 5.56 Å². The highest BCUT2D eigenvalue weighted by atomic mass is 35.5. The first-order chi connectivity index (χ1) is 12.1. The molecule has 25 heavy (non-hydrogen) atoms. The zero-order valence-corrected chi connectivity index (χ0v) is 15.6. The number of pyridine rings is 1. The number of hydrogen-bond acceptors (Lipinski definition) is 2. The quantitative estimate of drug-likeness (QED) is 0.753. The van der Waals surface area contributed by atoms with Crippen LogP contribution in [0.4, 0.5) is 5.69 Å². The lowest BCUT2D eigenvalue weighted by Crippen LogP contribution is -2.34. The molecule has 1 aliphatic carbocycles. The van der Waals surface area contributed by atoms with Gasteiger partial charge in [-0.05, 0) is 55.2 Å². The molecular formula is C20H22Cl2N2O. The van der Waals surface area contributed by atoms with E-state index in [1.54, 1.807) is 4.57 Å². The SMILES string of the molecule is O=c1c(Cl)c(N2CCC(c3ccccc3Cl)CC2)ccn1CC1CC1. The monoisotopic (exact) mass is 376 g/mol. The summed E-state index contributed by atoms with van der Waals surface area (Å²) in [5, 5.41) is 1.21. The third kappa shape index (κ3) is 3.58. The van der Waals surface area contributed by atoms with E-state index in [1.165, 1.54) is 18.4 Å². The minimum absolute atomic E-state index is 0.0562. The van der Waals surface area contributed by atoms with Crippen LogP contribution in [0.1, 0.15) is 37.2 Å². The minimum Gasteiger partial charge on any atom is -0.370 e. The van der Waals surface area contributed by atoms with Crippen molar-refractivity contribution in [1.29, 1.82) is 0 Å². The minimum atomic E-state index is -0.0562. The summed E-state index contributed by atoms with van der Waals surface area (Å²) in [6, 6.07) is 10.1. The fourth-order valence-corrected chi connectivity index (χ4v) is 4.32. The van der Waals surface area contributed by atoms with E-state index >= 15 is 0 Å². The average molecular weight is 377 g/mol. The summed E-state index contributed by atoms with van der Waals surface area (Å²) >= 11 is 12.8. The van der Waals surface area contributed by atoms with Crippen LogP contribution in [0.25, 0.3) is 0 Å². The Hall–Kier alpha value is -1.45. The standard InChI is InChI=1S/C20H22Cl2N2O/c21-17-4-2-1-3-16(17)15-7-10-23(11-8-15)18-9-12-24(13-14-5-6-14)20(25)19(18)22/h1-4,9,12,14-15H,5-8,10-11,13H2. The molecule has 5 heteroatoms. The number of halogens is 2. The van der Waals surface area contributed by atoms with Gasteiger partial charge in [0.15, 0.2) is 0 Å². The van der Waals surface area contributed by atoms with Crippen LogP contribution < -0.4 is 10.5 Å². The van der Waals surface area contributed by atoms with Crippen molar-refractivity contribution >= 4 is 28.9 Å². The second-order valence-corrected chi connectivity index (χ2v) is 7.98. The Bertz CT molecular complexity index is 821. The van der Waals surface area contributed by atoms with Gasteiger partial charge in [0.05, 0.1) is 5.69 Å². The molecule has 2 aliphatic rings. The predicted octanol–water partition coefficient (Wildman–Crippen LogP) is 4.95. The number of rotatable bonds is 4. The summed E-state index contributed by atoms with van der Waals surface area (Å²) < 4.78 is 1.76. The summed E-state index contributed by atoms with van der Waals surface area (Å²) in [5.41, 5.74) is 2.05. The number of hydrogen-bond donors (Lipinski definition) is 0. The van der Waals surface area contributed by atoms with Crippen LogP contribution >= 0.6 is 23.2 Å². The largest absolute Gasteiger partial charge is 0.370 e. The second kappa shape index (κ2) is 7.05. The highest BCUT2D eigenvalue weighted by Gasteiger charge is 2.26. The maximum atomic E-state index is 12.5. The Labute approximate surface area is 158 Å². The molecule has 0 atom stereocenters. The maximum Gasteiger partial charge on any atom is 0.271 e. The third-order valence-corrected chi connectivity index (χ3v) is 6.12. The summed E-state index contributed by atoms with van der Waals surface area (Å²) in [5.74, 6) is 1.13. The summed E-state index contributed by atoms with van der Waals surface area (Å²) in [7, 11) is 0. The van der Waals surface area contributed by atoms with Gasteiger partial charge < -0.3 is 9.47 Å². The molecule has 2 fully saturated rings. The fraction of sp³-hybridized carbons (Fsp3) is 0.450. The van der Waals surface area contributed by atoms with Crippen LogP contribution in [0.15, 0.2) is 41.3 Å². The smallest absolute Gasteiger partial charge is 0.271 e. The molecular weight excluding hydrogens is 355 g/mol. The number of anilines is 1. The Morgan fingerprint density at radius 2 is 1.72 bits per heavy atom. The van der Waals surface area contributed by atoms with Crippen molar-refractivity contribution in [3.63, 3.8) is 0 Å². The molecule has 0 unspecified atom stereocenters. The van der Waals surface area contributed by atoms with Crippen molar-refractivity contribution in [2.75, 3.05) is 18.0 Å². The van der Waals surface area contributed by atoms with E-state index in [2.05, 4.69) is 11.0 Å².